The predicted molar refractivity (Wildman–Crippen MR) is 206 cm³/mol. The van der Waals surface area contributed by atoms with Crippen LogP contribution in [-0.4, -0.2) is 25.5 Å². The lowest BCUT2D eigenvalue weighted by Gasteiger charge is -2.16. The topological polar surface area (TPSA) is 82.2 Å². The van der Waals surface area contributed by atoms with Gasteiger partial charge in [-0.2, -0.15) is 0 Å². The van der Waals surface area contributed by atoms with E-state index in [1.165, 1.54) is 16.0 Å². The largest absolute Gasteiger partial charge is 0.307 e. The van der Waals surface area contributed by atoms with Gasteiger partial charge < -0.3 is 10.6 Å². The third-order valence-corrected chi connectivity index (χ3v) is 9.49. The fraction of sp³-hybridized carbons (Fsp3) is 0.171. The quantitative estimate of drug-likeness (QED) is 0.0894. The zero-order valence-corrected chi connectivity index (χ0v) is 30.0. The van der Waals surface area contributed by atoms with E-state index < -0.39 is 11.0 Å². The molecule has 0 aliphatic heterocycles. The van der Waals surface area contributed by atoms with Gasteiger partial charge in [0.15, 0.2) is 0 Å². The summed E-state index contributed by atoms with van der Waals surface area (Å²) in [5, 5.41) is 6.81. The number of aromatic nitrogens is 2. The standard InChI is InChI=1S/C21H23N3S.C20H21N3OS/c1-24(17-18-8-3-2-4-9-18)25-21-12-7-10-19(14-21)15-22-16-20-11-5-6-13-23-20;24-25(23-15-17-7-2-1-3-8-17)20-11-6-9-18(13-20)14-21-16-19-10-4-5-12-22-19/h2-14,22H,15-17H2,1H3;1-13,21,23H,14-16H2. The summed E-state index contributed by atoms with van der Waals surface area (Å²) in [7, 11) is 0.903. The first-order chi connectivity index (χ1) is 24.6. The third kappa shape index (κ3) is 13.4. The zero-order chi connectivity index (χ0) is 34.6. The lowest BCUT2D eigenvalue weighted by molar-refractivity contribution is 0.564. The van der Waals surface area contributed by atoms with Crippen LogP contribution in [0.2, 0.25) is 0 Å². The molecule has 256 valence electrons. The van der Waals surface area contributed by atoms with Crippen molar-refractivity contribution in [1.82, 2.24) is 29.6 Å². The Balaban J connectivity index is 0.000000194. The van der Waals surface area contributed by atoms with Crippen LogP contribution in [0, 0.1) is 0 Å². The van der Waals surface area contributed by atoms with E-state index in [0.717, 1.165) is 47.0 Å². The highest BCUT2D eigenvalue weighted by molar-refractivity contribution is 7.97. The first kappa shape index (κ1) is 36.8. The second-order valence-corrected chi connectivity index (χ2v) is 14.2. The molecule has 50 heavy (non-hydrogen) atoms. The molecule has 2 aromatic heterocycles. The first-order valence-corrected chi connectivity index (χ1v) is 18.5. The zero-order valence-electron chi connectivity index (χ0n) is 28.3. The molecule has 7 nitrogen and oxygen atoms in total. The van der Waals surface area contributed by atoms with Crippen LogP contribution in [0.3, 0.4) is 0 Å². The Morgan fingerprint density at radius 1 is 0.560 bits per heavy atom. The van der Waals surface area contributed by atoms with Gasteiger partial charge in [-0.3, -0.25) is 9.97 Å². The number of pyridine rings is 2. The Kier molecular flexibility index (Phi) is 15.4. The molecule has 0 saturated carbocycles. The number of hydrogen-bond acceptors (Lipinski definition) is 7. The van der Waals surface area contributed by atoms with Crippen molar-refractivity contribution in [3.8, 4) is 0 Å². The van der Waals surface area contributed by atoms with Crippen molar-refractivity contribution in [2.24, 2.45) is 0 Å². The summed E-state index contributed by atoms with van der Waals surface area (Å²) in [6.07, 6.45) is 3.62. The lowest BCUT2D eigenvalue weighted by atomic mass is 10.2. The van der Waals surface area contributed by atoms with Crippen LogP contribution in [-0.2, 0) is 50.3 Å². The summed E-state index contributed by atoms with van der Waals surface area (Å²) in [6, 6.07) is 48.9. The molecule has 3 N–H and O–H groups in total. The van der Waals surface area contributed by atoms with Gasteiger partial charge in [0.05, 0.1) is 16.3 Å². The Morgan fingerprint density at radius 3 is 1.70 bits per heavy atom. The normalized spacial score (nSPS) is 11.5. The fourth-order valence-corrected chi connectivity index (χ4v) is 6.88. The van der Waals surface area contributed by atoms with Gasteiger partial charge in [-0.15, -0.1) is 0 Å². The molecule has 1 atom stereocenters. The van der Waals surface area contributed by atoms with E-state index in [4.69, 9.17) is 0 Å². The number of hydrogen-bond donors (Lipinski definition) is 3. The Labute approximate surface area is 303 Å². The molecule has 6 rings (SSSR count). The van der Waals surface area contributed by atoms with Crippen LogP contribution in [0.25, 0.3) is 0 Å². The van der Waals surface area contributed by atoms with E-state index in [-0.39, 0.29) is 0 Å². The predicted octanol–water partition coefficient (Wildman–Crippen LogP) is 7.69. The van der Waals surface area contributed by atoms with Crippen LogP contribution in [0.4, 0.5) is 0 Å². The molecule has 4 aromatic carbocycles. The average molecular weight is 701 g/mol. The summed E-state index contributed by atoms with van der Waals surface area (Å²) < 4.78 is 17.8. The van der Waals surface area contributed by atoms with E-state index in [1.54, 1.807) is 18.1 Å². The minimum Gasteiger partial charge on any atom is -0.307 e. The van der Waals surface area contributed by atoms with Crippen molar-refractivity contribution in [3.05, 3.63) is 192 Å². The molecule has 0 bridgehead atoms. The summed E-state index contributed by atoms with van der Waals surface area (Å²) in [6.45, 7) is 4.55. The smallest absolute Gasteiger partial charge is 0.125 e. The molecular formula is C41H44N6OS2. The van der Waals surface area contributed by atoms with Crippen molar-refractivity contribution in [3.63, 3.8) is 0 Å². The molecule has 9 heteroatoms. The molecule has 2 heterocycles. The highest BCUT2D eigenvalue weighted by Gasteiger charge is 2.06. The van der Waals surface area contributed by atoms with E-state index in [1.807, 2.05) is 97.2 Å². The van der Waals surface area contributed by atoms with Gasteiger partial charge in [0.25, 0.3) is 0 Å². The SMILES string of the molecule is CN(Cc1ccccc1)Sc1cccc(CNCc2ccccn2)c1.O=S(NCc1ccccc1)c1cccc(CNCc2ccccn2)c1. The average Bonchev–Trinajstić information content (AvgIpc) is 3.16. The van der Waals surface area contributed by atoms with Gasteiger partial charge in [-0.1, -0.05) is 97.1 Å². The monoisotopic (exact) mass is 700 g/mol. The number of rotatable bonds is 16. The van der Waals surface area contributed by atoms with Gasteiger partial charge in [0.2, 0.25) is 0 Å². The molecular weight excluding hydrogens is 657 g/mol. The third-order valence-electron chi connectivity index (χ3n) is 7.49. The van der Waals surface area contributed by atoms with E-state index in [2.05, 4.69) is 91.3 Å². The van der Waals surface area contributed by atoms with E-state index >= 15 is 0 Å². The fourth-order valence-electron chi connectivity index (χ4n) is 5.04. The van der Waals surface area contributed by atoms with Crippen LogP contribution in [0.15, 0.2) is 168 Å². The maximum Gasteiger partial charge on any atom is 0.125 e. The summed E-state index contributed by atoms with van der Waals surface area (Å²) in [5.74, 6) is 0. The molecule has 0 amide bonds. The second kappa shape index (κ2) is 20.9. The van der Waals surface area contributed by atoms with Crippen molar-refractivity contribution < 1.29 is 4.21 Å². The van der Waals surface area contributed by atoms with Gasteiger partial charge in [-0.25, -0.2) is 13.2 Å². The van der Waals surface area contributed by atoms with Crippen molar-refractivity contribution in [2.75, 3.05) is 7.05 Å². The van der Waals surface area contributed by atoms with Crippen molar-refractivity contribution in [2.45, 2.75) is 49.1 Å². The molecule has 0 aliphatic carbocycles. The van der Waals surface area contributed by atoms with Crippen molar-refractivity contribution >= 4 is 22.9 Å². The minimum atomic E-state index is -1.23. The Morgan fingerprint density at radius 2 is 1.10 bits per heavy atom. The second-order valence-electron chi connectivity index (χ2n) is 11.6. The van der Waals surface area contributed by atoms with Crippen LogP contribution in [0.1, 0.15) is 33.6 Å². The van der Waals surface area contributed by atoms with Crippen LogP contribution in [0.5, 0.6) is 0 Å². The Hall–Kier alpha value is -4.48. The van der Waals surface area contributed by atoms with E-state index in [0.29, 0.717) is 19.6 Å². The minimum absolute atomic E-state index is 0.579. The maximum absolute atomic E-state index is 12.4. The maximum atomic E-state index is 12.4. The summed E-state index contributed by atoms with van der Waals surface area (Å²) >= 11 is 1.78. The van der Waals surface area contributed by atoms with Gasteiger partial charge in [0, 0.05) is 56.6 Å². The molecule has 0 saturated heterocycles. The highest BCUT2D eigenvalue weighted by Crippen LogP contribution is 2.24. The number of benzene rings is 4. The molecule has 0 aliphatic rings. The van der Waals surface area contributed by atoms with Gasteiger partial charge >= 0.3 is 0 Å². The van der Waals surface area contributed by atoms with E-state index in [9.17, 15) is 4.21 Å². The van der Waals surface area contributed by atoms with Gasteiger partial charge in [0.1, 0.15) is 11.0 Å². The van der Waals surface area contributed by atoms with Crippen molar-refractivity contribution in [1.29, 1.82) is 0 Å². The number of nitrogens with zero attached hydrogens (tertiary/aromatic N) is 3. The summed E-state index contributed by atoms with van der Waals surface area (Å²) in [4.78, 5) is 10.7. The van der Waals surface area contributed by atoms with Gasteiger partial charge in [-0.05, 0) is 89.8 Å². The summed E-state index contributed by atoms with van der Waals surface area (Å²) in [5.41, 5.74) is 6.90. The molecule has 0 spiro atoms. The first-order valence-electron chi connectivity index (χ1n) is 16.6. The van der Waals surface area contributed by atoms with Crippen LogP contribution < -0.4 is 15.4 Å². The molecule has 6 aromatic rings. The lowest BCUT2D eigenvalue weighted by Crippen LogP contribution is -2.17. The Bertz CT molecular complexity index is 1850. The highest BCUT2D eigenvalue weighted by atomic mass is 32.2. The number of nitrogens with one attached hydrogen (secondary N) is 3. The molecule has 1 unspecified atom stereocenters. The van der Waals surface area contributed by atoms with Crippen LogP contribution >= 0.6 is 11.9 Å². The molecule has 0 fully saturated rings. The molecule has 0 radical (unpaired) electrons.